The van der Waals surface area contributed by atoms with E-state index in [-0.39, 0.29) is 5.71 Å². The van der Waals surface area contributed by atoms with Crippen LogP contribution in [0.5, 0.6) is 0 Å². The van der Waals surface area contributed by atoms with Crippen molar-refractivity contribution in [2.45, 2.75) is 6.17 Å². The minimum Gasteiger partial charge on any atom is -0.410 e. The fourth-order valence-corrected chi connectivity index (χ4v) is 1.03. The molecular formula is C6H10N4O3. The molecule has 1 rings (SSSR count). The average Bonchev–Trinajstić information content (AvgIpc) is 2.13. The first-order valence-electron chi connectivity index (χ1n) is 3.53. The van der Waals surface area contributed by atoms with Crippen molar-refractivity contribution in [3.63, 3.8) is 0 Å². The van der Waals surface area contributed by atoms with Crippen LogP contribution >= 0.6 is 0 Å². The van der Waals surface area contributed by atoms with Gasteiger partial charge in [-0.25, -0.2) is 4.79 Å². The minimum atomic E-state index is -0.985. The molecule has 1 atom stereocenters. The maximum atomic E-state index is 11.2. The highest BCUT2D eigenvalue weighted by Crippen LogP contribution is 2.08. The number of carbonyl (C=O) groups is 2. The van der Waals surface area contributed by atoms with Crippen LogP contribution in [0.25, 0.3) is 0 Å². The minimum absolute atomic E-state index is 0.246. The normalized spacial score (nSPS) is 27.3. The number of carbonyl (C=O) groups excluding carboxylic acids is 2. The van der Waals surface area contributed by atoms with Crippen LogP contribution in [0.2, 0.25) is 0 Å². The van der Waals surface area contributed by atoms with Gasteiger partial charge in [-0.1, -0.05) is 5.16 Å². The Balaban J connectivity index is 3.06. The number of hydrogen-bond donors (Lipinski definition) is 2. The van der Waals surface area contributed by atoms with Crippen LogP contribution in [0.4, 0.5) is 4.79 Å². The molecule has 1 saturated heterocycles. The van der Waals surface area contributed by atoms with Gasteiger partial charge < -0.3 is 15.8 Å². The van der Waals surface area contributed by atoms with E-state index in [1.54, 1.807) is 0 Å². The quantitative estimate of drug-likeness (QED) is 0.360. The van der Waals surface area contributed by atoms with Crippen molar-refractivity contribution < 1.29 is 14.8 Å². The van der Waals surface area contributed by atoms with Crippen molar-refractivity contribution in [1.29, 1.82) is 0 Å². The molecule has 0 spiro atoms. The Morgan fingerprint density at radius 1 is 1.46 bits per heavy atom. The summed E-state index contributed by atoms with van der Waals surface area (Å²) in [6, 6.07) is -0.523. The lowest BCUT2D eigenvalue weighted by Crippen LogP contribution is -2.63. The van der Waals surface area contributed by atoms with Crippen LogP contribution in [0.1, 0.15) is 0 Å². The lowest BCUT2D eigenvalue weighted by Gasteiger charge is -2.33. The van der Waals surface area contributed by atoms with Gasteiger partial charge in [0.1, 0.15) is 6.17 Å². The summed E-state index contributed by atoms with van der Waals surface area (Å²) in [5.74, 6) is -0.682. The Hall–Kier alpha value is -1.63. The molecule has 1 aliphatic rings. The number of urea groups is 1. The number of rotatable bonds is 0. The van der Waals surface area contributed by atoms with E-state index >= 15 is 0 Å². The van der Waals surface area contributed by atoms with Crippen molar-refractivity contribution in [1.82, 2.24) is 9.80 Å². The standard InChI is InChI=1S/C6H10N4O3/c1-9-4(7)3(8-13)5(11)10(2)6(9)12/h4,13H,7H2,1-2H3/b8-3-. The highest BCUT2D eigenvalue weighted by molar-refractivity contribution is 6.44. The third-order valence-electron chi connectivity index (χ3n) is 1.92. The van der Waals surface area contributed by atoms with Crippen molar-refractivity contribution in [2.75, 3.05) is 14.1 Å². The van der Waals surface area contributed by atoms with Gasteiger partial charge in [0, 0.05) is 14.1 Å². The van der Waals surface area contributed by atoms with Gasteiger partial charge >= 0.3 is 6.03 Å². The van der Waals surface area contributed by atoms with Gasteiger partial charge in [0.25, 0.3) is 5.91 Å². The van der Waals surface area contributed by atoms with E-state index in [1.807, 2.05) is 0 Å². The number of oxime groups is 1. The molecule has 0 radical (unpaired) electrons. The fraction of sp³-hybridized carbons (Fsp3) is 0.500. The van der Waals surface area contributed by atoms with Gasteiger partial charge in [0.15, 0.2) is 5.71 Å². The van der Waals surface area contributed by atoms with Crippen molar-refractivity contribution in [3.05, 3.63) is 0 Å². The van der Waals surface area contributed by atoms with E-state index in [2.05, 4.69) is 5.16 Å². The molecule has 1 aliphatic heterocycles. The summed E-state index contributed by atoms with van der Waals surface area (Å²) in [7, 11) is 2.71. The number of nitrogens with zero attached hydrogens (tertiary/aromatic N) is 3. The number of imide groups is 1. The maximum absolute atomic E-state index is 11.2. The van der Waals surface area contributed by atoms with Crippen LogP contribution in [-0.4, -0.2) is 52.9 Å². The van der Waals surface area contributed by atoms with Crippen molar-refractivity contribution in [3.8, 4) is 0 Å². The van der Waals surface area contributed by atoms with E-state index < -0.39 is 18.1 Å². The number of nitrogens with two attached hydrogens (primary N) is 1. The first kappa shape index (κ1) is 9.46. The molecule has 7 nitrogen and oxygen atoms in total. The van der Waals surface area contributed by atoms with Crippen LogP contribution in [0, 0.1) is 0 Å². The molecular weight excluding hydrogens is 176 g/mol. The Morgan fingerprint density at radius 2 is 2.00 bits per heavy atom. The fourth-order valence-electron chi connectivity index (χ4n) is 1.03. The van der Waals surface area contributed by atoms with E-state index in [4.69, 9.17) is 10.9 Å². The average molecular weight is 186 g/mol. The van der Waals surface area contributed by atoms with Crippen LogP contribution in [0.3, 0.4) is 0 Å². The molecule has 72 valence electrons. The zero-order valence-electron chi connectivity index (χ0n) is 7.26. The topological polar surface area (TPSA) is 99.2 Å². The molecule has 1 fully saturated rings. The summed E-state index contributed by atoms with van der Waals surface area (Å²) in [5.41, 5.74) is 5.20. The Morgan fingerprint density at radius 3 is 2.46 bits per heavy atom. The van der Waals surface area contributed by atoms with Crippen molar-refractivity contribution >= 4 is 17.6 Å². The second kappa shape index (κ2) is 3.02. The second-order valence-corrected chi connectivity index (χ2v) is 2.69. The largest absolute Gasteiger partial charge is 0.410 e. The molecule has 3 amide bonds. The summed E-state index contributed by atoms with van der Waals surface area (Å²) in [5, 5.41) is 11.2. The summed E-state index contributed by atoms with van der Waals surface area (Å²) in [6.07, 6.45) is -0.985. The van der Waals surface area contributed by atoms with Gasteiger partial charge in [0.05, 0.1) is 0 Å². The molecule has 0 aromatic rings. The third kappa shape index (κ3) is 1.22. The Kier molecular flexibility index (Phi) is 2.20. The summed E-state index contributed by atoms with van der Waals surface area (Å²) in [4.78, 5) is 24.4. The van der Waals surface area contributed by atoms with E-state index in [0.717, 1.165) is 9.80 Å². The smallest absolute Gasteiger partial charge is 0.328 e. The predicted molar refractivity (Wildman–Crippen MR) is 43.1 cm³/mol. The van der Waals surface area contributed by atoms with Crippen molar-refractivity contribution in [2.24, 2.45) is 10.9 Å². The first-order valence-corrected chi connectivity index (χ1v) is 3.53. The molecule has 13 heavy (non-hydrogen) atoms. The highest BCUT2D eigenvalue weighted by Gasteiger charge is 2.38. The molecule has 0 aromatic heterocycles. The third-order valence-corrected chi connectivity index (χ3v) is 1.92. The Bertz CT molecular complexity index is 288. The lowest BCUT2D eigenvalue weighted by molar-refractivity contribution is -0.122. The summed E-state index contributed by atoms with van der Waals surface area (Å²) >= 11 is 0. The molecule has 0 aliphatic carbocycles. The molecule has 0 aromatic carbocycles. The van der Waals surface area contributed by atoms with Crippen LogP contribution < -0.4 is 5.73 Å². The second-order valence-electron chi connectivity index (χ2n) is 2.69. The number of amides is 3. The van der Waals surface area contributed by atoms with Gasteiger partial charge in [-0.15, -0.1) is 0 Å². The van der Waals surface area contributed by atoms with Gasteiger partial charge in [0.2, 0.25) is 0 Å². The van der Waals surface area contributed by atoms with E-state index in [1.165, 1.54) is 14.1 Å². The molecule has 0 saturated carbocycles. The van der Waals surface area contributed by atoms with Crippen LogP contribution in [0.15, 0.2) is 5.16 Å². The summed E-state index contributed by atoms with van der Waals surface area (Å²) < 4.78 is 0. The molecule has 0 bridgehead atoms. The Labute approximate surface area is 74.4 Å². The van der Waals surface area contributed by atoms with E-state index in [9.17, 15) is 9.59 Å². The van der Waals surface area contributed by atoms with Gasteiger partial charge in [-0.2, -0.15) is 0 Å². The zero-order chi connectivity index (χ0) is 10.2. The van der Waals surface area contributed by atoms with Gasteiger partial charge in [-0.3, -0.25) is 9.69 Å². The highest BCUT2D eigenvalue weighted by atomic mass is 16.4. The first-order chi connectivity index (χ1) is 6.00. The SMILES string of the molecule is CN1C(=O)/C(=N\O)C(N)N(C)C1=O. The maximum Gasteiger partial charge on any atom is 0.328 e. The molecule has 1 heterocycles. The number of hydrogen-bond acceptors (Lipinski definition) is 5. The monoisotopic (exact) mass is 186 g/mol. The summed E-state index contributed by atoms with van der Waals surface area (Å²) in [6.45, 7) is 0. The lowest BCUT2D eigenvalue weighted by atomic mass is 10.2. The molecule has 7 heteroatoms. The van der Waals surface area contributed by atoms with Gasteiger partial charge in [-0.05, 0) is 0 Å². The predicted octanol–water partition coefficient (Wildman–Crippen LogP) is -1.37. The van der Waals surface area contributed by atoms with E-state index in [0.29, 0.717) is 0 Å². The molecule has 3 N–H and O–H groups in total. The molecule has 1 unspecified atom stereocenters. The zero-order valence-corrected chi connectivity index (χ0v) is 7.26. The van der Waals surface area contributed by atoms with Crippen LogP contribution in [-0.2, 0) is 4.79 Å².